The van der Waals surface area contributed by atoms with Crippen LogP contribution in [0, 0.1) is 0 Å². The van der Waals surface area contributed by atoms with Crippen LogP contribution in [-0.2, 0) is 9.84 Å². The smallest absolute Gasteiger partial charge is 0.206 e. The van der Waals surface area contributed by atoms with Crippen molar-refractivity contribution in [1.82, 2.24) is 5.32 Å². The average Bonchev–Trinajstić information content (AvgIpc) is 2.78. The largest absolute Gasteiger partial charge is 0.371 e. The normalized spacial score (nSPS) is 22.5. The second-order valence-electron chi connectivity index (χ2n) is 6.65. The number of hydrogen-bond acceptors (Lipinski definition) is 4. The van der Waals surface area contributed by atoms with Crippen molar-refractivity contribution in [3.05, 3.63) is 54.1 Å². The fraction of sp³-hybridized carbons (Fsp3) is 0.368. The number of hydrogen-bond donors (Lipinski definition) is 1. The molecular formula is C19H23ClN2O2S. The van der Waals surface area contributed by atoms with E-state index < -0.39 is 9.84 Å². The summed E-state index contributed by atoms with van der Waals surface area (Å²) in [6.07, 6.45) is 2.15. The number of rotatable bonds is 2. The molecule has 1 N–H and O–H groups in total. The first kappa shape index (κ1) is 18.2. The van der Waals surface area contributed by atoms with Crippen LogP contribution in [0.3, 0.4) is 0 Å². The number of nitrogens with one attached hydrogen (secondary N) is 1. The van der Waals surface area contributed by atoms with E-state index in [0.29, 0.717) is 21.8 Å². The topological polar surface area (TPSA) is 49.4 Å². The molecule has 0 saturated carbocycles. The maximum atomic E-state index is 12.9. The molecule has 4 nitrogen and oxygen atoms in total. The van der Waals surface area contributed by atoms with E-state index in [1.807, 2.05) is 18.2 Å². The van der Waals surface area contributed by atoms with E-state index >= 15 is 0 Å². The van der Waals surface area contributed by atoms with Crippen LogP contribution in [0.1, 0.15) is 24.3 Å². The predicted octanol–water partition coefficient (Wildman–Crippen LogP) is 3.23. The van der Waals surface area contributed by atoms with Gasteiger partial charge in [-0.15, -0.1) is 12.4 Å². The van der Waals surface area contributed by atoms with Gasteiger partial charge < -0.3 is 10.2 Å². The summed E-state index contributed by atoms with van der Waals surface area (Å²) >= 11 is 0. The molecule has 2 heterocycles. The van der Waals surface area contributed by atoms with Crippen molar-refractivity contribution in [2.75, 3.05) is 25.0 Å². The van der Waals surface area contributed by atoms with Crippen LogP contribution in [0.15, 0.2) is 58.3 Å². The molecule has 0 bridgehead atoms. The molecule has 6 heteroatoms. The summed E-state index contributed by atoms with van der Waals surface area (Å²) in [5, 5.41) is 3.45. The van der Waals surface area contributed by atoms with Gasteiger partial charge in [0.1, 0.15) is 0 Å². The highest BCUT2D eigenvalue weighted by Gasteiger charge is 2.37. The summed E-state index contributed by atoms with van der Waals surface area (Å²) in [4.78, 5) is 3.08. The van der Waals surface area contributed by atoms with Gasteiger partial charge in [0.25, 0.3) is 0 Å². The van der Waals surface area contributed by atoms with Crippen molar-refractivity contribution >= 4 is 27.9 Å². The monoisotopic (exact) mass is 378 g/mol. The van der Waals surface area contributed by atoms with Gasteiger partial charge >= 0.3 is 0 Å². The third kappa shape index (κ3) is 3.05. The minimum absolute atomic E-state index is 0. The maximum absolute atomic E-state index is 12.9. The molecule has 0 aromatic heterocycles. The summed E-state index contributed by atoms with van der Waals surface area (Å²) in [5.74, 6) is 0.408. The first-order valence-electron chi connectivity index (χ1n) is 8.46. The van der Waals surface area contributed by atoms with E-state index in [-0.39, 0.29) is 12.4 Å². The number of sulfone groups is 1. The predicted molar refractivity (Wildman–Crippen MR) is 103 cm³/mol. The second kappa shape index (κ2) is 6.98. The summed E-state index contributed by atoms with van der Waals surface area (Å²) in [5.41, 5.74) is 2.36. The van der Waals surface area contributed by atoms with Crippen LogP contribution in [0.2, 0.25) is 0 Å². The Labute approximate surface area is 155 Å². The Morgan fingerprint density at radius 2 is 1.72 bits per heavy atom. The Morgan fingerprint density at radius 1 is 1.00 bits per heavy atom. The van der Waals surface area contributed by atoms with E-state index in [1.54, 1.807) is 30.3 Å². The van der Waals surface area contributed by atoms with Gasteiger partial charge in [-0.25, -0.2) is 8.42 Å². The average molecular weight is 379 g/mol. The van der Waals surface area contributed by atoms with E-state index in [4.69, 9.17) is 0 Å². The van der Waals surface area contributed by atoms with Crippen molar-refractivity contribution in [3.8, 4) is 0 Å². The molecule has 0 amide bonds. The third-order valence-electron chi connectivity index (χ3n) is 5.35. The Balaban J connectivity index is 0.00000182. The van der Waals surface area contributed by atoms with Crippen molar-refractivity contribution in [1.29, 1.82) is 0 Å². The summed E-state index contributed by atoms with van der Waals surface area (Å²) in [7, 11) is -1.33. The fourth-order valence-corrected chi connectivity index (χ4v) is 5.40. The molecule has 2 aromatic carbocycles. The van der Waals surface area contributed by atoms with Gasteiger partial charge in [-0.05, 0) is 61.8 Å². The molecule has 25 heavy (non-hydrogen) atoms. The third-order valence-corrected chi connectivity index (χ3v) is 7.12. The first-order chi connectivity index (χ1) is 11.6. The second-order valence-corrected chi connectivity index (χ2v) is 8.60. The van der Waals surface area contributed by atoms with Crippen molar-refractivity contribution < 1.29 is 8.42 Å². The summed E-state index contributed by atoms with van der Waals surface area (Å²) in [6, 6.07) is 14.8. The first-order valence-corrected chi connectivity index (χ1v) is 9.95. The molecule has 1 fully saturated rings. The number of fused-ring (bicyclic) bond motifs is 3. The standard InChI is InChI=1S/C19H22N2O2S.ClH/c1-21-18-8-7-15(24(22,23)14-5-3-2-4-6-14)13-17(18)16-9-11-20-12-10-19(16)21;/h2-8,13,16,19-20H,9-12H2,1H3;1H/t16-,19+;/m1./s1. The molecule has 0 aliphatic carbocycles. The quantitative estimate of drug-likeness (QED) is 0.871. The zero-order valence-corrected chi connectivity index (χ0v) is 15.8. The van der Waals surface area contributed by atoms with Crippen molar-refractivity contribution in [2.24, 2.45) is 0 Å². The zero-order valence-electron chi connectivity index (χ0n) is 14.2. The molecule has 0 spiro atoms. The van der Waals surface area contributed by atoms with Crippen LogP contribution < -0.4 is 10.2 Å². The molecule has 4 rings (SSSR count). The Hall–Kier alpha value is -1.56. The number of likely N-dealkylation sites (N-methyl/N-ethyl adjacent to an activating group) is 1. The van der Waals surface area contributed by atoms with Crippen LogP contribution >= 0.6 is 12.4 Å². The molecule has 2 aromatic rings. The van der Waals surface area contributed by atoms with E-state index in [9.17, 15) is 8.42 Å². The van der Waals surface area contributed by atoms with Crippen LogP contribution in [0.25, 0.3) is 0 Å². The van der Waals surface area contributed by atoms with Crippen molar-refractivity contribution in [2.45, 2.75) is 34.6 Å². The van der Waals surface area contributed by atoms with Gasteiger partial charge in [-0.3, -0.25) is 0 Å². The molecule has 134 valence electrons. The molecule has 0 radical (unpaired) electrons. The fourth-order valence-electron chi connectivity index (χ4n) is 4.08. The van der Waals surface area contributed by atoms with E-state index in [1.165, 1.54) is 11.3 Å². The van der Waals surface area contributed by atoms with Crippen molar-refractivity contribution in [3.63, 3.8) is 0 Å². The van der Waals surface area contributed by atoms with Gasteiger partial charge in [0.05, 0.1) is 9.79 Å². The molecule has 1 saturated heterocycles. The molecule has 2 atom stereocenters. The van der Waals surface area contributed by atoms with Gasteiger partial charge in [0, 0.05) is 24.7 Å². The SMILES string of the molecule is CN1c2ccc(S(=O)(=O)c3ccccc3)cc2[C@H]2CCNCC[C@@H]21.Cl. The lowest BCUT2D eigenvalue weighted by atomic mass is 9.91. The number of halogens is 1. The minimum Gasteiger partial charge on any atom is -0.371 e. The Kier molecular flexibility index (Phi) is 5.09. The molecule has 2 aliphatic rings. The molecule has 0 unspecified atom stereocenters. The van der Waals surface area contributed by atoms with Gasteiger partial charge in [0.15, 0.2) is 0 Å². The van der Waals surface area contributed by atoms with E-state index in [2.05, 4.69) is 17.3 Å². The van der Waals surface area contributed by atoms with Gasteiger partial charge in [0.2, 0.25) is 9.84 Å². The lowest BCUT2D eigenvalue weighted by molar-refractivity contribution is 0.531. The minimum atomic E-state index is -3.46. The lowest BCUT2D eigenvalue weighted by Gasteiger charge is -2.24. The summed E-state index contributed by atoms with van der Waals surface area (Å²) in [6.45, 7) is 2.01. The van der Waals surface area contributed by atoms with Crippen LogP contribution in [0.4, 0.5) is 5.69 Å². The highest BCUT2D eigenvalue weighted by Crippen LogP contribution is 2.44. The number of benzene rings is 2. The maximum Gasteiger partial charge on any atom is 0.206 e. The molecular weight excluding hydrogens is 356 g/mol. The van der Waals surface area contributed by atoms with Crippen LogP contribution in [0.5, 0.6) is 0 Å². The Bertz CT molecular complexity index is 855. The molecule has 2 aliphatic heterocycles. The highest BCUT2D eigenvalue weighted by molar-refractivity contribution is 7.91. The zero-order chi connectivity index (χ0) is 16.7. The Morgan fingerprint density at radius 3 is 2.48 bits per heavy atom. The highest BCUT2D eigenvalue weighted by atomic mass is 35.5. The lowest BCUT2D eigenvalue weighted by Crippen LogP contribution is -2.30. The van der Waals surface area contributed by atoms with Gasteiger partial charge in [-0.1, -0.05) is 18.2 Å². The number of anilines is 1. The van der Waals surface area contributed by atoms with Crippen LogP contribution in [-0.4, -0.2) is 34.6 Å². The summed E-state index contributed by atoms with van der Waals surface area (Å²) < 4.78 is 25.8. The van der Waals surface area contributed by atoms with E-state index in [0.717, 1.165) is 25.9 Å². The number of nitrogens with zero attached hydrogens (tertiary/aromatic N) is 1. The van der Waals surface area contributed by atoms with Gasteiger partial charge in [-0.2, -0.15) is 0 Å².